The molecule has 0 aromatic rings. The highest BCUT2D eigenvalue weighted by Crippen LogP contribution is 2.61. The standard InChI is InChI=1S/C21H16F26N2O2/c22-10(23,12(26,27)14(30,31)16(34,35)18(38,39)20(42,43)44)8(50)48-6-4-2-1-3-5-7-49-9(51)11(24,25)13(28,29)15(32,33)17(36,37)19(40,41)21(45,46)47/h1-7H2,(H,48,50)(H,49,51). The van der Waals surface area contributed by atoms with Gasteiger partial charge in [-0.1, -0.05) is 19.3 Å². The van der Waals surface area contributed by atoms with E-state index >= 15 is 0 Å². The van der Waals surface area contributed by atoms with Crippen molar-refractivity contribution < 1.29 is 124 Å². The van der Waals surface area contributed by atoms with Crippen molar-refractivity contribution in [3.05, 3.63) is 0 Å². The molecule has 0 saturated heterocycles. The monoisotopic (exact) mass is 822 g/mol. The lowest BCUT2D eigenvalue weighted by atomic mass is 9.93. The van der Waals surface area contributed by atoms with Gasteiger partial charge in [0.15, 0.2) is 0 Å². The highest BCUT2D eigenvalue weighted by molar-refractivity contribution is 5.85. The van der Waals surface area contributed by atoms with E-state index in [-0.39, 0.29) is 0 Å². The van der Waals surface area contributed by atoms with Crippen molar-refractivity contribution >= 4 is 11.8 Å². The van der Waals surface area contributed by atoms with Gasteiger partial charge in [-0.25, -0.2) is 0 Å². The molecule has 0 aromatic carbocycles. The Labute approximate surface area is 264 Å². The van der Waals surface area contributed by atoms with Gasteiger partial charge in [0, 0.05) is 13.1 Å². The average molecular weight is 822 g/mol. The third kappa shape index (κ3) is 7.77. The van der Waals surface area contributed by atoms with E-state index in [9.17, 15) is 124 Å². The Morgan fingerprint density at radius 1 is 0.294 bits per heavy atom. The summed E-state index contributed by atoms with van der Waals surface area (Å²) in [7, 11) is 0. The van der Waals surface area contributed by atoms with E-state index < -0.39 is 129 Å². The molecular weight excluding hydrogens is 806 g/mol. The molecule has 2 N–H and O–H groups in total. The molecule has 0 spiro atoms. The first-order valence-electron chi connectivity index (χ1n) is 12.5. The Hall–Kier alpha value is -2.88. The number of hydrogen-bond donors (Lipinski definition) is 2. The Morgan fingerprint density at radius 3 is 0.706 bits per heavy atom. The van der Waals surface area contributed by atoms with Gasteiger partial charge in [0.05, 0.1) is 0 Å². The minimum absolute atomic E-state index is 0.390. The molecule has 0 aliphatic carbocycles. The SMILES string of the molecule is O=C(NCCCCCCCNC(=O)C(F)(F)C(F)(F)C(F)(F)C(F)(F)C(F)(F)C(F)(F)F)C(F)(F)C(F)(F)C(F)(F)C(F)(F)C(F)(F)C(F)(F)F. The van der Waals surface area contributed by atoms with E-state index in [0.29, 0.717) is 0 Å². The number of nitrogens with one attached hydrogen (secondary N) is 2. The highest BCUT2D eigenvalue weighted by Gasteiger charge is 2.93. The van der Waals surface area contributed by atoms with E-state index in [1.54, 1.807) is 0 Å². The zero-order valence-corrected chi connectivity index (χ0v) is 23.6. The second-order valence-electron chi connectivity index (χ2n) is 10.0. The van der Waals surface area contributed by atoms with Crippen LogP contribution in [-0.4, -0.2) is 96.5 Å². The molecule has 0 aliphatic rings. The van der Waals surface area contributed by atoms with Crippen molar-refractivity contribution in [3.8, 4) is 0 Å². The zero-order chi connectivity index (χ0) is 41.5. The van der Waals surface area contributed by atoms with Gasteiger partial charge in [-0.2, -0.15) is 114 Å². The predicted octanol–water partition coefficient (Wildman–Crippen LogP) is 8.65. The number of halogens is 26. The van der Waals surface area contributed by atoms with Gasteiger partial charge >= 0.3 is 71.6 Å². The maximum atomic E-state index is 13.7. The number of amides is 2. The maximum absolute atomic E-state index is 13.7. The highest BCUT2D eigenvalue weighted by atomic mass is 19.4. The van der Waals surface area contributed by atoms with E-state index in [1.165, 1.54) is 0 Å². The minimum atomic E-state index is -8.27. The second kappa shape index (κ2) is 14.2. The summed E-state index contributed by atoms with van der Waals surface area (Å²) in [5, 5.41) is 1.43. The topological polar surface area (TPSA) is 58.2 Å². The summed E-state index contributed by atoms with van der Waals surface area (Å²) >= 11 is 0. The number of alkyl halides is 26. The molecule has 304 valence electrons. The van der Waals surface area contributed by atoms with Crippen LogP contribution in [0.15, 0.2) is 0 Å². The summed E-state index contributed by atoms with van der Waals surface area (Å²) in [5.41, 5.74) is 0. The largest absolute Gasteiger partial charge is 0.460 e. The van der Waals surface area contributed by atoms with Crippen molar-refractivity contribution in [2.45, 2.75) is 104 Å². The van der Waals surface area contributed by atoms with Gasteiger partial charge in [-0.05, 0) is 12.8 Å². The van der Waals surface area contributed by atoms with Crippen LogP contribution in [0.3, 0.4) is 0 Å². The fourth-order valence-corrected chi connectivity index (χ4v) is 3.23. The van der Waals surface area contributed by atoms with Crippen molar-refractivity contribution in [3.63, 3.8) is 0 Å². The number of unbranched alkanes of at least 4 members (excludes halogenated alkanes) is 4. The molecule has 2 amide bonds. The van der Waals surface area contributed by atoms with Crippen LogP contribution >= 0.6 is 0 Å². The molecule has 0 bridgehead atoms. The van der Waals surface area contributed by atoms with E-state index in [0.717, 1.165) is 10.6 Å². The molecule has 4 nitrogen and oxygen atoms in total. The van der Waals surface area contributed by atoms with E-state index in [1.807, 2.05) is 0 Å². The molecule has 0 unspecified atom stereocenters. The Bertz CT molecular complexity index is 1130. The normalized spacial score (nSPS) is 15.6. The summed E-state index contributed by atoms with van der Waals surface area (Å²) in [6, 6.07) is 0. The number of carbonyl (C=O) groups excluding carboxylic acids is 2. The fraction of sp³-hybridized carbons (Fsp3) is 0.905. The fourth-order valence-electron chi connectivity index (χ4n) is 3.23. The third-order valence-corrected chi connectivity index (χ3v) is 6.36. The molecule has 0 fully saturated rings. The van der Waals surface area contributed by atoms with Crippen LogP contribution in [0.2, 0.25) is 0 Å². The first kappa shape index (κ1) is 48.1. The van der Waals surface area contributed by atoms with E-state index in [4.69, 9.17) is 0 Å². The molecule has 0 radical (unpaired) electrons. The maximum Gasteiger partial charge on any atom is 0.460 e. The van der Waals surface area contributed by atoms with Crippen LogP contribution in [0.5, 0.6) is 0 Å². The lowest BCUT2D eigenvalue weighted by molar-refractivity contribution is -0.436. The number of hydrogen-bond acceptors (Lipinski definition) is 2. The smallest absolute Gasteiger partial charge is 0.351 e. The predicted molar refractivity (Wildman–Crippen MR) is 111 cm³/mol. The first-order chi connectivity index (χ1) is 22.0. The lowest BCUT2D eigenvalue weighted by Crippen LogP contribution is -2.72. The number of rotatable bonds is 18. The summed E-state index contributed by atoms with van der Waals surface area (Å²) in [5.74, 6) is -86.4. The quantitative estimate of drug-likeness (QED) is 0.108. The average Bonchev–Trinajstić information content (AvgIpc) is 2.93. The van der Waals surface area contributed by atoms with Crippen molar-refractivity contribution in [1.82, 2.24) is 10.6 Å². The van der Waals surface area contributed by atoms with Gasteiger partial charge in [0.25, 0.3) is 11.8 Å². The summed E-state index contributed by atoms with van der Waals surface area (Å²) in [4.78, 5) is 22.5. The van der Waals surface area contributed by atoms with Crippen LogP contribution in [-0.2, 0) is 9.59 Å². The van der Waals surface area contributed by atoms with Gasteiger partial charge in [0.1, 0.15) is 0 Å². The van der Waals surface area contributed by atoms with Crippen LogP contribution in [0.4, 0.5) is 114 Å². The van der Waals surface area contributed by atoms with Gasteiger partial charge in [0.2, 0.25) is 0 Å². The van der Waals surface area contributed by atoms with Gasteiger partial charge in [-0.15, -0.1) is 0 Å². The van der Waals surface area contributed by atoms with Gasteiger partial charge in [-0.3, -0.25) is 9.59 Å². The summed E-state index contributed by atoms with van der Waals surface area (Å²) in [6.45, 7) is -2.62. The lowest BCUT2D eigenvalue weighted by Gasteiger charge is -2.39. The zero-order valence-electron chi connectivity index (χ0n) is 23.6. The minimum Gasteiger partial charge on any atom is -0.351 e. The molecule has 30 heteroatoms. The molecule has 0 heterocycles. The number of carbonyl (C=O) groups is 2. The van der Waals surface area contributed by atoms with Crippen LogP contribution < -0.4 is 10.6 Å². The molecule has 0 saturated carbocycles. The molecule has 51 heavy (non-hydrogen) atoms. The molecule has 0 aromatic heterocycles. The summed E-state index contributed by atoms with van der Waals surface area (Å²) in [6.07, 6.45) is -18.2. The molecule has 0 aliphatic heterocycles. The molecule has 0 atom stereocenters. The molecule has 0 rings (SSSR count). The Balaban J connectivity index is 5.19. The third-order valence-electron chi connectivity index (χ3n) is 6.36. The Morgan fingerprint density at radius 2 is 0.490 bits per heavy atom. The van der Waals surface area contributed by atoms with Crippen molar-refractivity contribution in [2.75, 3.05) is 13.1 Å². The van der Waals surface area contributed by atoms with E-state index in [2.05, 4.69) is 0 Å². The van der Waals surface area contributed by atoms with Crippen molar-refractivity contribution in [2.24, 2.45) is 0 Å². The van der Waals surface area contributed by atoms with Crippen LogP contribution in [0.25, 0.3) is 0 Å². The Kier molecular flexibility index (Phi) is 13.4. The van der Waals surface area contributed by atoms with Gasteiger partial charge < -0.3 is 10.6 Å². The van der Waals surface area contributed by atoms with Crippen molar-refractivity contribution in [1.29, 1.82) is 0 Å². The van der Waals surface area contributed by atoms with Crippen LogP contribution in [0.1, 0.15) is 32.1 Å². The van der Waals surface area contributed by atoms with Crippen LogP contribution in [0, 0.1) is 0 Å². The summed E-state index contributed by atoms with van der Waals surface area (Å²) < 4.78 is 339. The molecular formula is C21H16F26N2O2. The first-order valence-corrected chi connectivity index (χ1v) is 12.5. The second-order valence-corrected chi connectivity index (χ2v) is 10.0.